The Morgan fingerprint density at radius 1 is 1.14 bits per heavy atom. The fraction of sp³-hybridized carbons (Fsp3) is 0.280. The number of nitrogens with one attached hydrogen (secondary N) is 2. The number of nitrogens with zero attached hydrogens (tertiary/aromatic N) is 2. The van der Waals surface area contributed by atoms with E-state index in [1.165, 1.54) is 17.7 Å². The fourth-order valence-electron chi connectivity index (χ4n) is 3.85. The van der Waals surface area contributed by atoms with Crippen molar-refractivity contribution >= 4 is 12.0 Å². The van der Waals surface area contributed by atoms with E-state index < -0.39 is 18.5 Å². The average Bonchev–Trinajstić information content (AvgIpc) is 2.83. The summed E-state index contributed by atoms with van der Waals surface area (Å²) in [4.78, 5) is 18.0. The summed E-state index contributed by atoms with van der Waals surface area (Å²) in [6.07, 6.45) is -2.51. The maximum Gasteiger partial charge on any atom is 0.401 e. The van der Waals surface area contributed by atoms with Gasteiger partial charge in [-0.15, -0.1) is 0 Å². The van der Waals surface area contributed by atoms with Gasteiger partial charge in [0.15, 0.2) is 5.79 Å². The Labute approximate surface area is 199 Å². The highest BCUT2D eigenvalue weighted by atomic mass is 19.4. The van der Waals surface area contributed by atoms with Crippen LogP contribution < -0.4 is 20.9 Å². The first-order valence-electron chi connectivity index (χ1n) is 10.9. The molecule has 0 aliphatic carbocycles. The van der Waals surface area contributed by atoms with Crippen LogP contribution in [-0.4, -0.2) is 48.1 Å². The number of fused-ring (bicyclic) bond motifs is 1. The molecule has 10 heteroatoms. The SMILES string of the molecule is COc1ccc(-c2cc3c(n(-c4ccc(CCO)cc4)c2=O)N[C@@](C)(NCC(F)(F)F)N=C3)cc1. The van der Waals surface area contributed by atoms with Gasteiger partial charge in [0, 0.05) is 23.9 Å². The minimum atomic E-state index is -4.43. The van der Waals surface area contributed by atoms with Crippen molar-refractivity contribution in [2.24, 2.45) is 4.99 Å². The van der Waals surface area contributed by atoms with Crippen molar-refractivity contribution in [3.05, 3.63) is 76.1 Å². The third-order valence-corrected chi connectivity index (χ3v) is 5.68. The molecule has 3 aromatic rings. The lowest BCUT2D eigenvalue weighted by atomic mass is 10.0. The van der Waals surface area contributed by atoms with E-state index >= 15 is 0 Å². The summed E-state index contributed by atoms with van der Waals surface area (Å²) in [5, 5.41) is 14.6. The van der Waals surface area contributed by atoms with Crippen LogP contribution in [0.4, 0.5) is 19.0 Å². The van der Waals surface area contributed by atoms with Crippen LogP contribution in [0.25, 0.3) is 16.8 Å². The Balaban J connectivity index is 1.85. The number of aliphatic hydroxyl groups is 1. The highest BCUT2D eigenvalue weighted by Gasteiger charge is 2.35. The van der Waals surface area contributed by atoms with Gasteiger partial charge in [0.2, 0.25) is 0 Å². The lowest BCUT2D eigenvalue weighted by molar-refractivity contribution is -0.127. The number of ether oxygens (including phenoxy) is 1. The van der Waals surface area contributed by atoms with Gasteiger partial charge < -0.3 is 15.2 Å². The summed E-state index contributed by atoms with van der Waals surface area (Å²) in [5.41, 5.74) is 2.64. The van der Waals surface area contributed by atoms with E-state index in [1.807, 2.05) is 0 Å². The molecule has 1 aliphatic rings. The molecule has 2 heterocycles. The molecule has 0 radical (unpaired) electrons. The minimum absolute atomic E-state index is 0.0110. The first kappa shape index (κ1) is 24.5. The molecule has 7 nitrogen and oxygen atoms in total. The van der Waals surface area contributed by atoms with Gasteiger partial charge in [-0.2, -0.15) is 13.2 Å². The molecule has 1 aliphatic heterocycles. The predicted octanol–water partition coefficient (Wildman–Crippen LogP) is 3.72. The van der Waals surface area contributed by atoms with Crippen molar-refractivity contribution in [3.63, 3.8) is 0 Å². The fourth-order valence-corrected chi connectivity index (χ4v) is 3.85. The second-order valence-electron chi connectivity index (χ2n) is 8.30. The van der Waals surface area contributed by atoms with E-state index in [1.54, 1.807) is 61.7 Å². The molecule has 0 unspecified atom stereocenters. The lowest BCUT2D eigenvalue weighted by Crippen LogP contribution is -2.53. The van der Waals surface area contributed by atoms with Crippen LogP contribution in [0.3, 0.4) is 0 Å². The zero-order valence-corrected chi connectivity index (χ0v) is 19.2. The normalized spacial score (nSPS) is 17.1. The number of pyridine rings is 1. The van der Waals surface area contributed by atoms with Crippen LogP contribution in [-0.2, 0) is 6.42 Å². The first-order valence-corrected chi connectivity index (χ1v) is 10.9. The van der Waals surface area contributed by atoms with Crippen LogP contribution >= 0.6 is 0 Å². The third-order valence-electron chi connectivity index (χ3n) is 5.68. The summed E-state index contributed by atoms with van der Waals surface area (Å²) in [6, 6.07) is 15.7. The zero-order chi connectivity index (χ0) is 25.2. The number of aliphatic imine (C=N–C) groups is 1. The molecule has 1 aromatic heterocycles. The van der Waals surface area contributed by atoms with Gasteiger partial charge in [0.1, 0.15) is 11.6 Å². The van der Waals surface area contributed by atoms with Gasteiger partial charge in [-0.05, 0) is 54.8 Å². The summed E-state index contributed by atoms with van der Waals surface area (Å²) in [6.45, 7) is 0.199. The second-order valence-corrected chi connectivity index (χ2v) is 8.30. The highest BCUT2D eigenvalue weighted by molar-refractivity contribution is 5.91. The number of aliphatic hydroxyl groups excluding tert-OH is 1. The number of benzene rings is 2. The molecule has 0 bridgehead atoms. The van der Waals surface area contributed by atoms with E-state index in [0.29, 0.717) is 40.4 Å². The van der Waals surface area contributed by atoms with Crippen molar-refractivity contribution < 1.29 is 23.0 Å². The van der Waals surface area contributed by atoms with Crippen molar-refractivity contribution in [2.75, 3.05) is 25.6 Å². The van der Waals surface area contributed by atoms with Crippen LogP contribution in [0.1, 0.15) is 18.1 Å². The largest absolute Gasteiger partial charge is 0.497 e. The number of hydrogen-bond acceptors (Lipinski definition) is 6. The molecule has 0 fully saturated rings. The Hall–Kier alpha value is -3.63. The monoisotopic (exact) mass is 486 g/mol. The van der Waals surface area contributed by atoms with Crippen molar-refractivity contribution in [1.29, 1.82) is 0 Å². The molecular weight excluding hydrogens is 461 g/mol. The van der Waals surface area contributed by atoms with Gasteiger partial charge in [-0.1, -0.05) is 24.3 Å². The van der Waals surface area contributed by atoms with E-state index in [9.17, 15) is 23.1 Å². The van der Waals surface area contributed by atoms with Gasteiger partial charge in [0.05, 0.1) is 19.3 Å². The maximum absolute atomic E-state index is 13.7. The van der Waals surface area contributed by atoms with Gasteiger partial charge >= 0.3 is 6.18 Å². The topological polar surface area (TPSA) is 87.9 Å². The van der Waals surface area contributed by atoms with Crippen LogP contribution in [0.5, 0.6) is 5.75 Å². The number of hydrogen-bond donors (Lipinski definition) is 3. The standard InChI is InChI=1S/C25H25F3N4O3/c1-24(30-15-25(26,27)28)29-14-18-13-21(17-5-9-20(35-2)10-6-17)23(34)32(22(18)31-24)19-7-3-16(4-8-19)11-12-33/h3-10,13-14,30-31,33H,11-12,15H2,1-2H3/t24-/m1/s1. The zero-order valence-electron chi connectivity index (χ0n) is 19.2. The van der Waals surface area contributed by atoms with Crippen molar-refractivity contribution in [1.82, 2.24) is 9.88 Å². The van der Waals surface area contributed by atoms with E-state index in [0.717, 1.165) is 5.56 Å². The number of alkyl halides is 3. The van der Waals surface area contributed by atoms with Crippen LogP contribution in [0.2, 0.25) is 0 Å². The third kappa shape index (κ3) is 5.39. The van der Waals surface area contributed by atoms with Crippen LogP contribution in [0, 0.1) is 0 Å². The number of rotatable bonds is 7. The van der Waals surface area contributed by atoms with Gasteiger partial charge in [-0.3, -0.25) is 19.7 Å². The van der Waals surface area contributed by atoms with Crippen molar-refractivity contribution in [3.8, 4) is 22.6 Å². The summed E-state index contributed by atoms with van der Waals surface area (Å²) >= 11 is 0. The van der Waals surface area contributed by atoms with E-state index in [-0.39, 0.29) is 12.2 Å². The Kier molecular flexibility index (Phi) is 6.68. The maximum atomic E-state index is 13.7. The van der Waals surface area contributed by atoms with Crippen molar-refractivity contribution in [2.45, 2.75) is 25.3 Å². The molecule has 35 heavy (non-hydrogen) atoms. The molecule has 0 amide bonds. The summed E-state index contributed by atoms with van der Waals surface area (Å²) < 4.78 is 45.2. The lowest BCUT2D eigenvalue weighted by Gasteiger charge is -2.34. The molecule has 0 saturated carbocycles. The number of halogens is 3. The Morgan fingerprint density at radius 3 is 2.43 bits per heavy atom. The molecular formula is C25H25F3N4O3. The predicted molar refractivity (Wildman–Crippen MR) is 128 cm³/mol. The summed E-state index contributed by atoms with van der Waals surface area (Å²) in [5.74, 6) is -0.523. The smallest absolute Gasteiger partial charge is 0.401 e. The Morgan fingerprint density at radius 2 is 1.83 bits per heavy atom. The Bertz CT molecular complexity index is 1290. The van der Waals surface area contributed by atoms with E-state index in [2.05, 4.69) is 15.6 Å². The number of anilines is 1. The number of methoxy groups -OCH3 is 1. The molecule has 1 atom stereocenters. The van der Waals surface area contributed by atoms with E-state index in [4.69, 9.17) is 4.74 Å². The molecule has 184 valence electrons. The average molecular weight is 486 g/mol. The molecule has 2 aromatic carbocycles. The molecule has 4 rings (SSSR count). The van der Waals surface area contributed by atoms with Gasteiger partial charge in [0.25, 0.3) is 5.56 Å². The van der Waals surface area contributed by atoms with Gasteiger partial charge in [-0.25, -0.2) is 0 Å². The molecule has 0 spiro atoms. The quantitative estimate of drug-likeness (QED) is 0.474. The van der Waals surface area contributed by atoms with Crippen LogP contribution in [0.15, 0.2) is 64.4 Å². The first-order chi connectivity index (χ1) is 16.6. The molecule has 3 N–H and O–H groups in total. The molecule has 0 saturated heterocycles. The second kappa shape index (κ2) is 9.55. The highest BCUT2D eigenvalue weighted by Crippen LogP contribution is 2.30. The number of aromatic nitrogens is 1. The minimum Gasteiger partial charge on any atom is -0.497 e. The summed E-state index contributed by atoms with van der Waals surface area (Å²) in [7, 11) is 1.55.